The summed E-state index contributed by atoms with van der Waals surface area (Å²) in [5.41, 5.74) is 3.70. The number of ether oxygens (including phenoxy) is 1. The number of para-hydroxylation sites is 1. The van der Waals surface area contributed by atoms with Crippen molar-refractivity contribution in [2.45, 2.75) is 27.7 Å². The van der Waals surface area contributed by atoms with Crippen molar-refractivity contribution in [3.63, 3.8) is 0 Å². The first-order valence-electron chi connectivity index (χ1n) is 8.24. The summed E-state index contributed by atoms with van der Waals surface area (Å²) >= 11 is 0. The molecule has 1 aromatic heterocycles. The topological polar surface area (TPSA) is 95.0 Å². The Hall–Kier alpha value is -3.33. The zero-order valence-electron chi connectivity index (χ0n) is 15.3. The molecule has 0 unspecified atom stereocenters. The van der Waals surface area contributed by atoms with Crippen molar-refractivity contribution in [3.8, 4) is 6.07 Å². The first-order chi connectivity index (χ1) is 12.4. The molecule has 134 valence electrons. The number of carbonyl (C=O) groups is 2. The molecule has 26 heavy (non-hydrogen) atoms. The van der Waals surface area contributed by atoms with Crippen LogP contribution in [0.15, 0.2) is 29.8 Å². The molecule has 0 radical (unpaired) electrons. The van der Waals surface area contributed by atoms with Crippen molar-refractivity contribution in [2.75, 3.05) is 11.9 Å². The van der Waals surface area contributed by atoms with E-state index >= 15 is 0 Å². The molecular weight excluding hydrogens is 330 g/mol. The Morgan fingerprint density at radius 3 is 2.58 bits per heavy atom. The van der Waals surface area contributed by atoms with E-state index in [2.05, 4.69) is 10.3 Å². The lowest BCUT2D eigenvalue weighted by molar-refractivity contribution is -0.112. The van der Waals surface area contributed by atoms with Gasteiger partial charge in [0.05, 0.1) is 12.2 Å². The summed E-state index contributed by atoms with van der Waals surface area (Å²) in [6.45, 7) is 7.37. The van der Waals surface area contributed by atoms with E-state index in [1.165, 1.54) is 6.08 Å². The van der Waals surface area contributed by atoms with Crippen LogP contribution in [0.1, 0.15) is 39.8 Å². The summed E-state index contributed by atoms with van der Waals surface area (Å²) in [4.78, 5) is 27.5. The van der Waals surface area contributed by atoms with Gasteiger partial charge < -0.3 is 15.0 Å². The summed E-state index contributed by atoms with van der Waals surface area (Å²) in [7, 11) is 0. The fourth-order valence-electron chi connectivity index (χ4n) is 2.62. The number of anilines is 1. The van der Waals surface area contributed by atoms with Crippen LogP contribution in [0.25, 0.3) is 6.08 Å². The fourth-order valence-corrected chi connectivity index (χ4v) is 2.62. The van der Waals surface area contributed by atoms with Crippen LogP contribution in [0.4, 0.5) is 5.69 Å². The SMILES string of the molecule is CCOC(=O)c1c(C)[nH]c(/C=C(\C#N)C(=O)Nc2ccccc2C)c1C. The normalized spacial score (nSPS) is 11.0. The predicted octanol–water partition coefficient (Wildman–Crippen LogP) is 3.66. The van der Waals surface area contributed by atoms with Crippen molar-refractivity contribution < 1.29 is 14.3 Å². The summed E-state index contributed by atoms with van der Waals surface area (Å²) in [6, 6.07) is 9.23. The number of hydrogen-bond acceptors (Lipinski definition) is 4. The average molecular weight is 351 g/mol. The van der Waals surface area contributed by atoms with Crippen LogP contribution in [0, 0.1) is 32.1 Å². The Kier molecular flexibility index (Phi) is 5.97. The second-order valence-corrected chi connectivity index (χ2v) is 5.82. The summed E-state index contributed by atoms with van der Waals surface area (Å²) in [5.74, 6) is -0.938. The maximum atomic E-state index is 12.4. The lowest BCUT2D eigenvalue weighted by Crippen LogP contribution is -2.14. The highest BCUT2D eigenvalue weighted by Gasteiger charge is 2.19. The number of rotatable bonds is 5. The first kappa shape index (κ1) is 19.0. The van der Waals surface area contributed by atoms with Crippen LogP contribution in [-0.2, 0) is 9.53 Å². The van der Waals surface area contributed by atoms with Crippen LogP contribution in [0.3, 0.4) is 0 Å². The minimum absolute atomic E-state index is 0.0620. The van der Waals surface area contributed by atoms with E-state index in [1.807, 2.05) is 31.2 Å². The largest absolute Gasteiger partial charge is 0.462 e. The van der Waals surface area contributed by atoms with Crippen LogP contribution >= 0.6 is 0 Å². The van der Waals surface area contributed by atoms with Gasteiger partial charge in [-0.2, -0.15) is 5.26 Å². The summed E-state index contributed by atoms with van der Waals surface area (Å²) in [6.07, 6.45) is 1.44. The molecule has 0 saturated carbocycles. The van der Waals surface area contributed by atoms with Gasteiger partial charge in [-0.1, -0.05) is 18.2 Å². The van der Waals surface area contributed by atoms with Gasteiger partial charge in [0.1, 0.15) is 11.6 Å². The van der Waals surface area contributed by atoms with Crippen LogP contribution in [-0.4, -0.2) is 23.5 Å². The molecular formula is C20H21N3O3. The number of nitriles is 1. The zero-order valence-corrected chi connectivity index (χ0v) is 15.3. The monoisotopic (exact) mass is 351 g/mol. The number of esters is 1. The van der Waals surface area contributed by atoms with Gasteiger partial charge in [-0.25, -0.2) is 4.79 Å². The quantitative estimate of drug-likeness (QED) is 0.488. The van der Waals surface area contributed by atoms with Gasteiger partial charge in [0, 0.05) is 17.1 Å². The molecule has 0 aliphatic heterocycles. The van der Waals surface area contributed by atoms with Crippen LogP contribution < -0.4 is 5.32 Å². The molecule has 0 saturated heterocycles. The lowest BCUT2D eigenvalue weighted by Gasteiger charge is -2.07. The molecule has 6 nitrogen and oxygen atoms in total. The third-order valence-corrected chi connectivity index (χ3v) is 4.00. The van der Waals surface area contributed by atoms with E-state index in [4.69, 9.17) is 4.74 Å². The highest BCUT2D eigenvalue weighted by Crippen LogP contribution is 2.22. The lowest BCUT2D eigenvalue weighted by atomic mass is 10.1. The minimum atomic E-state index is -0.508. The number of aromatic nitrogens is 1. The third-order valence-electron chi connectivity index (χ3n) is 4.00. The van der Waals surface area contributed by atoms with Crippen molar-refractivity contribution in [3.05, 3.63) is 57.9 Å². The molecule has 2 aromatic rings. The molecule has 2 N–H and O–H groups in total. The summed E-state index contributed by atoms with van der Waals surface area (Å²) in [5, 5.41) is 12.1. The first-order valence-corrected chi connectivity index (χ1v) is 8.24. The number of H-pyrrole nitrogens is 1. The Morgan fingerprint density at radius 1 is 1.27 bits per heavy atom. The number of benzene rings is 1. The van der Waals surface area contributed by atoms with Gasteiger partial charge in [0.25, 0.3) is 5.91 Å². The Morgan fingerprint density at radius 2 is 1.96 bits per heavy atom. The highest BCUT2D eigenvalue weighted by molar-refractivity contribution is 6.10. The molecule has 1 heterocycles. The van der Waals surface area contributed by atoms with E-state index in [1.54, 1.807) is 26.8 Å². The molecule has 0 aliphatic carbocycles. The van der Waals surface area contributed by atoms with Crippen molar-refractivity contribution in [1.29, 1.82) is 5.26 Å². The molecule has 1 aromatic carbocycles. The Balaban J connectivity index is 2.33. The molecule has 0 fully saturated rings. The van der Waals surface area contributed by atoms with Gasteiger partial charge in [-0.3, -0.25) is 4.79 Å². The standard InChI is InChI=1S/C20H21N3O3/c1-5-26-20(25)18-13(3)17(22-14(18)4)10-15(11-21)19(24)23-16-9-7-6-8-12(16)2/h6-10,22H,5H2,1-4H3,(H,23,24)/b15-10+. The average Bonchev–Trinajstić information content (AvgIpc) is 2.88. The molecule has 0 atom stereocenters. The fraction of sp³-hybridized carbons (Fsp3) is 0.250. The van der Waals surface area contributed by atoms with Gasteiger partial charge in [0.2, 0.25) is 0 Å². The number of carbonyl (C=O) groups excluding carboxylic acids is 2. The van der Waals surface area contributed by atoms with Crippen molar-refractivity contribution >= 4 is 23.6 Å². The summed E-state index contributed by atoms with van der Waals surface area (Å²) < 4.78 is 5.05. The van der Waals surface area contributed by atoms with E-state index in [-0.39, 0.29) is 12.2 Å². The number of nitrogens with one attached hydrogen (secondary N) is 2. The van der Waals surface area contributed by atoms with E-state index in [0.717, 1.165) is 5.56 Å². The van der Waals surface area contributed by atoms with E-state index < -0.39 is 11.9 Å². The van der Waals surface area contributed by atoms with Gasteiger partial charge in [-0.15, -0.1) is 0 Å². The molecule has 0 aliphatic rings. The van der Waals surface area contributed by atoms with Gasteiger partial charge in [0.15, 0.2) is 0 Å². The minimum Gasteiger partial charge on any atom is -0.462 e. The Bertz CT molecular complexity index is 917. The molecule has 2 rings (SSSR count). The van der Waals surface area contributed by atoms with Crippen LogP contribution in [0.2, 0.25) is 0 Å². The third kappa shape index (κ3) is 4.01. The number of aromatic amines is 1. The van der Waals surface area contributed by atoms with Gasteiger partial charge >= 0.3 is 5.97 Å². The van der Waals surface area contributed by atoms with Crippen molar-refractivity contribution in [1.82, 2.24) is 4.98 Å². The number of amides is 1. The Labute approximate surface area is 152 Å². The predicted molar refractivity (Wildman–Crippen MR) is 99.6 cm³/mol. The highest BCUT2D eigenvalue weighted by atomic mass is 16.5. The maximum Gasteiger partial charge on any atom is 0.340 e. The number of hydrogen-bond donors (Lipinski definition) is 2. The molecule has 1 amide bonds. The number of nitrogens with zero attached hydrogens (tertiary/aromatic N) is 1. The zero-order chi connectivity index (χ0) is 19.3. The number of aryl methyl sites for hydroxylation is 2. The maximum absolute atomic E-state index is 12.4. The van der Waals surface area contributed by atoms with E-state index in [0.29, 0.717) is 28.2 Å². The smallest absolute Gasteiger partial charge is 0.340 e. The van der Waals surface area contributed by atoms with E-state index in [9.17, 15) is 14.9 Å². The molecule has 6 heteroatoms. The van der Waals surface area contributed by atoms with Crippen LogP contribution in [0.5, 0.6) is 0 Å². The second-order valence-electron chi connectivity index (χ2n) is 5.82. The second kappa shape index (κ2) is 8.17. The van der Waals surface area contributed by atoms with Crippen molar-refractivity contribution in [2.24, 2.45) is 0 Å². The van der Waals surface area contributed by atoms with Gasteiger partial charge in [-0.05, 0) is 51.0 Å². The molecule has 0 bridgehead atoms. The molecule has 0 spiro atoms.